The molecule has 0 fully saturated rings. The van der Waals surface area contributed by atoms with E-state index in [-0.39, 0.29) is 18.7 Å². The molecule has 0 unspecified atom stereocenters. The van der Waals surface area contributed by atoms with Crippen molar-refractivity contribution in [3.05, 3.63) is 41.7 Å². The molecule has 2 rings (SSSR count). The molecule has 3 N–H and O–H groups in total. The lowest BCUT2D eigenvalue weighted by Gasteiger charge is -2.07. The van der Waals surface area contributed by atoms with Gasteiger partial charge in [0.15, 0.2) is 5.82 Å². The summed E-state index contributed by atoms with van der Waals surface area (Å²) in [5.74, 6) is -0.415. The van der Waals surface area contributed by atoms with Gasteiger partial charge in [-0.1, -0.05) is 0 Å². The van der Waals surface area contributed by atoms with E-state index in [1.807, 2.05) is 0 Å². The molecule has 9 heteroatoms. The van der Waals surface area contributed by atoms with Gasteiger partial charge in [-0.05, 0) is 12.1 Å². The number of aromatic carboxylic acids is 1. The second-order valence-electron chi connectivity index (χ2n) is 4.24. The number of amides is 2. The van der Waals surface area contributed by atoms with Crippen molar-refractivity contribution >= 4 is 12.0 Å². The number of carbonyl (C=O) groups is 2. The highest BCUT2D eigenvalue weighted by Crippen LogP contribution is 2.01. The zero-order chi connectivity index (χ0) is 15.2. The maximum atomic E-state index is 11.6. The van der Waals surface area contributed by atoms with Gasteiger partial charge >= 0.3 is 12.0 Å². The van der Waals surface area contributed by atoms with E-state index in [9.17, 15) is 9.59 Å². The van der Waals surface area contributed by atoms with Crippen LogP contribution in [0.3, 0.4) is 0 Å². The summed E-state index contributed by atoms with van der Waals surface area (Å²) in [6, 6.07) is 2.39. The number of carbonyl (C=O) groups excluding carboxylic acids is 1. The van der Waals surface area contributed by atoms with E-state index in [2.05, 4.69) is 25.8 Å². The molecule has 0 aliphatic carbocycles. The van der Waals surface area contributed by atoms with Crippen molar-refractivity contribution in [1.29, 1.82) is 0 Å². The third-order valence-electron chi connectivity index (χ3n) is 2.71. The Labute approximate surface area is 120 Å². The summed E-state index contributed by atoms with van der Waals surface area (Å²) in [6.45, 7) is 0.372. The van der Waals surface area contributed by atoms with Crippen molar-refractivity contribution < 1.29 is 14.7 Å². The summed E-state index contributed by atoms with van der Waals surface area (Å²) in [6.07, 6.45) is 2.92. The van der Waals surface area contributed by atoms with Crippen LogP contribution in [-0.2, 0) is 20.1 Å². The minimum absolute atomic E-state index is 0.126. The molecule has 0 radical (unpaired) electrons. The van der Waals surface area contributed by atoms with E-state index in [1.54, 1.807) is 11.6 Å². The summed E-state index contributed by atoms with van der Waals surface area (Å²) in [5.41, 5.74) is 0.588. The van der Waals surface area contributed by atoms with Crippen LogP contribution in [0.15, 0.2) is 24.7 Å². The maximum Gasteiger partial charge on any atom is 0.335 e. The van der Waals surface area contributed by atoms with Crippen molar-refractivity contribution in [2.75, 3.05) is 0 Å². The van der Waals surface area contributed by atoms with Crippen molar-refractivity contribution in [3.63, 3.8) is 0 Å². The van der Waals surface area contributed by atoms with E-state index < -0.39 is 12.0 Å². The van der Waals surface area contributed by atoms with Gasteiger partial charge in [0.1, 0.15) is 6.33 Å². The monoisotopic (exact) mass is 290 g/mol. The fourth-order valence-electron chi connectivity index (χ4n) is 1.57. The van der Waals surface area contributed by atoms with Crippen LogP contribution >= 0.6 is 0 Å². The lowest BCUT2D eigenvalue weighted by molar-refractivity contribution is 0.0696. The van der Waals surface area contributed by atoms with Crippen LogP contribution in [0.4, 0.5) is 4.79 Å². The van der Waals surface area contributed by atoms with Crippen LogP contribution in [0.2, 0.25) is 0 Å². The van der Waals surface area contributed by atoms with Gasteiger partial charge in [-0.15, -0.1) is 10.2 Å². The Morgan fingerprint density at radius 3 is 2.76 bits per heavy atom. The zero-order valence-corrected chi connectivity index (χ0v) is 11.3. The molecular weight excluding hydrogens is 276 g/mol. The van der Waals surface area contributed by atoms with E-state index in [4.69, 9.17) is 5.11 Å². The number of nitrogens with one attached hydrogen (secondary N) is 2. The normalized spacial score (nSPS) is 10.1. The first-order valence-corrected chi connectivity index (χ1v) is 6.09. The SMILES string of the molecule is Cn1cnnc1CNC(=O)NCc1cc(C(=O)O)ccn1. The second kappa shape index (κ2) is 6.46. The van der Waals surface area contributed by atoms with Crippen molar-refractivity contribution in [2.45, 2.75) is 13.1 Å². The molecule has 0 aliphatic rings. The first kappa shape index (κ1) is 14.4. The lowest BCUT2D eigenvalue weighted by Crippen LogP contribution is -2.35. The predicted octanol–water partition coefficient (Wildman–Crippen LogP) is -0.0923. The minimum atomic E-state index is -1.04. The first-order chi connectivity index (χ1) is 10.1. The Hall–Kier alpha value is -2.97. The molecule has 0 atom stereocenters. The smallest absolute Gasteiger partial charge is 0.335 e. The average molecular weight is 290 g/mol. The number of hydrogen-bond donors (Lipinski definition) is 3. The Balaban J connectivity index is 1.82. The molecule has 2 heterocycles. The van der Waals surface area contributed by atoms with Gasteiger partial charge in [-0.25, -0.2) is 9.59 Å². The fourth-order valence-corrected chi connectivity index (χ4v) is 1.57. The molecule has 0 aromatic carbocycles. The molecule has 21 heavy (non-hydrogen) atoms. The Kier molecular flexibility index (Phi) is 4.44. The summed E-state index contributed by atoms with van der Waals surface area (Å²) in [7, 11) is 1.77. The van der Waals surface area contributed by atoms with Crippen LogP contribution in [-0.4, -0.2) is 36.9 Å². The van der Waals surface area contributed by atoms with E-state index in [1.165, 1.54) is 24.7 Å². The van der Waals surface area contributed by atoms with Crippen molar-refractivity contribution in [2.24, 2.45) is 7.05 Å². The lowest BCUT2D eigenvalue weighted by atomic mass is 10.2. The largest absolute Gasteiger partial charge is 0.478 e. The van der Waals surface area contributed by atoms with Crippen LogP contribution in [0, 0.1) is 0 Å². The third-order valence-corrected chi connectivity index (χ3v) is 2.71. The quantitative estimate of drug-likeness (QED) is 0.707. The van der Waals surface area contributed by atoms with E-state index in [0.29, 0.717) is 11.5 Å². The Bertz CT molecular complexity index is 654. The number of carboxylic acid groups (broad SMARTS) is 1. The number of aryl methyl sites for hydroxylation is 1. The third kappa shape index (κ3) is 4.00. The molecule has 0 saturated heterocycles. The highest BCUT2D eigenvalue weighted by Gasteiger charge is 2.07. The molecule has 2 aromatic heterocycles. The van der Waals surface area contributed by atoms with Gasteiger partial charge in [0.25, 0.3) is 0 Å². The van der Waals surface area contributed by atoms with E-state index in [0.717, 1.165) is 0 Å². The number of carboxylic acids is 1. The number of urea groups is 1. The topological polar surface area (TPSA) is 122 Å². The summed E-state index contributed by atoms with van der Waals surface area (Å²) < 4.78 is 1.69. The van der Waals surface area contributed by atoms with Crippen LogP contribution in [0.25, 0.3) is 0 Å². The molecular formula is C12H14N6O3. The van der Waals surface area contributed by atoms with Gasteiger partial charge in [0.2, 0.25) is 0 Å². The minimum Gasteiger partial charge on any atom is -0.478 e. The van der Waals surface area contributed by atoms with Gasteiger partial charge < -0.3 is 20.3 Å². The molecule has 0 saturated carbocycles. The van der Waals surface area contributed by atoms with Crippen molar-refractivity contribution in [1.82, 2.24) is 30.4 Å². The summed E-state index contributed by atoms with van der Waals surface area (Å²) in [4.78, 5) is 26.4. The number of pyridine rings is 1. The Morgan fingerprint density at radius 2 is 2.10 bits per heavy atom. The number of hydrogen-bond acceptors (Lipinski definition) is 5. The highest BCUT2D eigenvalue weighted by molar-refractivity contribution is 5.87. The standard InChI is InChI=1S/C12H14N6O3/c1-18-7-16-17-10(18)6-15-12(21)14-5-9-4-8(11(19)20)2-3-13-9/h2-4,7H,5-6H2,1H3,(H,19,20)(H2,14,15,21). The molecule has 2 amide bonds. The zero-order valence-electron chi connectivity index (χ0n) is 11.3. The fraction of sp³-hybridized carbons (Fsp3) is 0.250. The van der Waals surface area contributed by atoms with Gasteiger partial charge in [-0.3, -0.25) is 4.98 Å². The number of nitrogens with zero attached hydrogens (tertiary/aromatic N) is 4. The second-order valence-corrected chi connectivity index (χ2v) is 4.24. The molecule has 2 aromatic rings. The maximum absolute atomic E-state index is 11.6. The summed E-state index contributed by atoms with van der Waals surface area (Å²) in [5, 5.41) is 21.6. The van der Waals surface area contributed by atoms with E-state index >= 15 is 0 Å². The number of aromatic nitrogens is 4. The van der Waals surface area contributed by atoms with Gasteiger partial charge in [0, 0.05) is 13.2 Å². The van der Waals surface area contributed by atoms with Gasteiger partial charge in [0.05, 0.1) is 24.3 Å². The number of rotatable bonds is 5. The molecule has 0 bridgehead atoms. The Morgan fingerprint density at radius 1 is 1.33 bits per heavy atom. The van der Waals surface area contributed by atoms with Crippen LogP contribution < -0.4 is 10.6 Å². The molecule has 0 spiro atoms. The van der Waals surface area contributed by atoms with Crippen molar-refractivity contribution in [3.8, 4) is 0 Å². The highest BCUT2D eigenvalue weighted by atomic mass is 16.4. The summed E-state index contributed by atoms with van der Waals surface area (Å²) >= 11 is 0. The average Bonchev–Trinajstić information content (AvgIpc) is 2.88. The molecule has 0 aliphatic heterocycles. The molecule has 9 nitrogen and oxygen atoms in total. The van der Waals surface area contributed by atoms with Crippen LogP contribution in [0.1, 0.15) is 21.9 Å². The van der Waals surface area contributed by atoms with Crippen LogP contribution in [0.5, 0.6) is 0 Å². The van der Waals surface area contributed by atoms with Gasteiger partial charge in [-0.2, -0.15) is 0 Å². The molecule has 110 valence electrons. The predicted molar refractivity (Wildman–Crippen MR) is 71.3 cm³/mol. The first-order valence-electron chi connectivity index (χ1n) is 6.09.